The van der Waals surface area contributed by atoms with Crippen molar-refractivity contribution in [2.75, 3.05) is 0 Å². The lowest BCUT2D eigenvalue weighted by Crippen LogP contribution is -2.55. The molecule has 1 atom stereocenters. The molecule has 2 aliphatic carbocycles. The number of rotatable bonds is 1. The van der Waals surface area contributed by atoms with Crippen LogP contribution in [0, 0.1) is 17.3 Å². The second kappa shape index (κ2) is 3.76. The summed E-state index contributed by atoms with van der Waals surface area (Å²) in [5.74, 6) is 1.74. The molecule has 0 aliphatic heterocycles. The summed E-state index contributed by atoms with van der Waals surface area (Å²) in [5.41, 5.74) is 7.28. The molecule has 0 radical (unpaired) electrons. The van der Waals surface area contributed by atoms with Crippen molar-refractivity contribution in [3.05, 3.63) is 0 Å². The molecule has 0 saturated heterocycles. The molecule has 2 fully saturated rings. The van der Waals surface area contributed by atoms with Crippen molar-refractivity contribution in [2.45, 2.75) is 71.3 Å². The first-order valence-electron chi connectivity index (χ1n) is 6.74. The average Bonchev–Trinajstić information content (AvgIpc) is 2.43. The summed E-state index contributed by atoms with van der Waals surface area (Å²) in [4.78, 5) is 0. The summed E-state index contributed by atoms with van der Waals surface area (Å²) in [5, 5.41) is 0. The van der Waals surface area contributed by atoms with Crippen molar-refractivity contribution in [2.24, 2.45) is 23.0 Å². The minimum Gasteiger partial charge on any atom is -0.324 e. The van der Waals surface area contributed by atoms with Gasteiger partial charge in [0.15, 0.2) is 0 Å². The lowest BCUT2D eigenvalue weighted by molar-refractivity contribution is 0.0895. The van der Waals surface area contributed by atoms with Crippen molar-refractivity contribution < 1.29 is 0 Å². The molecular formula is C14H27N. The van der Waals surface area contributed by atoms with Crippen LogP contribution < -0.4 is 5.73 Å². The van der Waals surface area contributed by atoms with E-state index in [2.05, 4.69) is 20.8 Å². The Balaban J connectivity index is 2.09. The fourth-order valence-corrected chi connectivity index (χ4v) is 3.93. The highest BCUT2D eigenvalue weighted by Gasteiger charge is 2.50. The van der Waals surface area contributed by atoms with Gasteiger partial charge in [0.2, 0.25) is 0 Å². The number of hydrogen-bond donors (Lipinski definition) is 1. The van der Waals surface area contributed by atoms with Crippen molar-refractivity contribution in [3.8, 4) is 0 Å². The molecule has 88 valence electrons. The molecule has 1 nitrogen and oxygen atoms in total. The third kappa shape index (κ3) is 1.84. The quantitative estimate of drug-likeness (QED) is 0.700. The second-order valence-corrected chi connectivity index (χ2v) is 6.73. The van der Waals surface area contributed by atoms with Crippen LogP contribution in [0.4, 0.5) is 0 Å². The highest BCUT2D eigenvalue weighted by atomic mass is 14.8. The molecule has 15 heavy (non-hydrogen) atoms. The molecule has 0 heterocycles. The Kier molecular flexibility index (Phi) is 2.87. The maximum absolute atomic E-state index is 6.76. The summed E-state index contributed by atoms with van der Waals surface area (Å²) in [6.45, 7) is 7.16. The van der Waals surface area contributed by atoms with Crippen molar-refractivity contribution >= 4 is 0 Å². The molecule has 2 N–H and O–H groups in total. The van der Waals surface area contributed by atoms with Gasteiger partial charge in [-0.25, -0.2) is 0 Å². The molecule has 0 aromatic carbocycles. The standard InChI is InChI=1S/C14H27N/c1-11-5-7-12(8-6-11)14(15)10-4-9-13(14,2)3/h11-12H,4-10,15H2,1-3H3. The monoisotopic (exact) mass is 209 g/mol. The maximum atomic E-state index is 6.76. The lowest BCUT2D eigenvalue weighted by Gasteiger charge is -2.47. The van der Waals surface area contributed by atoms with Gasteiger partial charge in [0.1, 0.15) is 0 Å². The Labute approximate surface area is 94.8 Å². The molecule has 2 saturated carbocycles. The van der Waals surface area contributed by atoms with E-state index in [1.54, 1.807) is 0 Å². The van der Waals surface area contributed by atoms with E-state index >= 15 is 0 Å². The van der Waals surface area contributed by atoms with Crippen LogP contribution in [0.15, 0.2) is 0 Å². The molecule has 2 rings (SSSR count). The normalized spacial score (nSPS) is 45.6. The summed E-state index contributed by atoms with van der Waals surface area (Å²) in [6, 6.07) is 0. The Morgan fingerprint density at radius 2 is 1.60 bits per heavy atom. The molecule has 2 aliphatic rings. The zero-order valence-corrected chi connectivity index (χ0v) is 10.7. The summed E-state index contributed by atoms with van der Waals surface area (Å²) < 4.78 is 0. The van der Waals surface area contributed by atoms with Crippen LogP contribution in [0.2, 0.25) is 0 Å². The van der Waals surface area contributed by atoms with Crippen LogP contribution in [0.3, 0.4) is 0 Å². The van der Waals surface area contributed by atoms with Gasteiger partial charge in [-0.15, -0.1) is 0 Å². The minimum absolute atomic E-state index is 0.146. The van der Waals surface area contributed by atoms with Gasteiger partial charge >= 0.3 is 0 Å². The Morgan fingerprint density at radius 3 is 2.07 bits per heavy atom. The van der Waals surface area contributed by atoms with E-state index in [4.69, 9.17) is 5.73 Å². The predicted molar refractivity (Wildman–Crippen MR) is 65.7 cm³/mol. The molecule has 0 aromatic heterocycles. The highest BCUT2D eigenvalue weighted by molar-refractivity contribution is 5.07. The smallest absolute Gasteiger partial charge is 0.0234 e. The van der Waals surface area contributed by atoms with Gasteiger partial charge in [-0.1, -0.05) is 40.0 Å². The second-order valence-electron chi connectivity index (χ2n) is 6.73. The van der Waals surface area contributed by atoms with Gasteiger partial charge < -0.3 is 5.73 Å². The number of nitrogens with two attached hydrogens (primary N) is 1. The van der Waals surface area contributed by atoms with Gasteiger partial charge in [0.05, 0.1) is 0 Å². The lowest BCUT2D eigenvalue weighted by atomic mass is 9.63. The molecule has 1 unspecified atom stereocenters. The molecule has 0 spiro atoms. The van der Waals surface area contributed by atoms with Gasteiger partial charge in [0, 0.05) is 5.54 Å². The fourth-order valence-electron chi connectivity index (χ4n) is 3.93. The van der Waals surface area contributed by atoms with E-state index in [0.717, 1.165) is 11.8 Å². The Hall–Kier alpha value is -0.0400. The topological polar surface area (TPSA) is 26.0 Å². The highest BCUT2D eigenvalue weighted by Crippen LogP contribution is 2.52. The first kappa shape index (κ1) is 11.4. The maximum Gasteiger partial charge on any atom is 0.0234 e. The van der Waals surface area contributed by atoms with E-state index in [0.29, 0.717) is 5.41 Å². The predicted octanol–water partition coefficient (Wildman–Crippen LogP) is 3.72. The molecular weight excluding hydrogens is 182 g/mol. The van der Waals surface area contributed by atoms with Gasteiger partial charge in [-0.3, -0.25) is 0 Å². The molecule has 1 heteroatoms. The molecule has 0 amide bonds. The Bertz CT molecular complexity index is 225. The zero-order chi connectivity index (χ0) is 11.1. The van der Waals surface area contributed by atoms with E-state index < -0.39 is 0 Å². The first-order chi connectivity index (χ1) is 6.96. The minimum atomic E-state index is 0.146. The van der Waals surface area contributed by atoms with Crippen LogP contribution in [-0.4, -0.2) is 5.54 Å². The van der Waals surface area contributed by atoms with Gasteiger partial charge in [-0.05, 0) is 42.9 Å². The van der Waals surface area contributed by atoms with E-state index in [1.165, 1.54) is 44.9 Å². The largest absolute Gasteiger partial charge is 0.324 e. The number of hydrogen-bond acceptors (Lipinski definition) is 1. The van der Waals surface area contributed by atoms with E-state index in [1.807, 2.05) is 0 Å². The van der Waals surface area contributed by atoms with Crippen molar-refractivity contribution in [1.29, 1.82) is 0 Å². The zero-order valence-electron chi connectivity index (χ0n) is 10.7. The van der Waals surface area contributed by atoms with Crippen LogP contribution in [0.25, 0.3) is 0 Å². The van der Waals surface area contributed by atoms with E-state index in [9.17, 15) is 0 Å². The third-order valence-corrected chi connectivity index (χ3v) is 5.40. The summed E-state index contributed by atoms with van der Waals surface area (Å²) >= 11 is 0. The summed E-state index contributed by atoms with van der Waals surface area (Å²) in [6.07, 6.45) is 9.49. The fraction of sp³-hybridized carbons (Fsp3) is 1.00. The SMILES string of the molecule is CC1CCC(C2(N)CCCC2(C)C)CC1. The average molecular weight is 209 g/mol. The van der Waals surface area contributed by atoms with E-state index in [-0.39, 0.29) is 5.54 Å². The molecule has 0 aromatic rings. The first-order valence-corrected chi connectivity index (χ1v) is 6.74. The van der Waals surface area contributed by atoms with Gasteiger partial charge in [-0.2, -0.15) is 0 Å². The summed E-state index contributed by atoms with van der Waals surface area (Å²) in [7, 11) is 0. The van der Waals surface area contributed by atoms with Crippen molar-refractivity contribution in [1.82, 2.24) is 0 Å². The van der Waals surface area contributed by atoms with Gasteiger partial charge in [0.25, 0.3) is 0 Å². The third-order valence-electron chi connectivity index (χ3n) is 5.40. The Morgan fingerprint density at radius 1 is 1.00 bits per heavy atom. The van der Waals surface area contributed by atoms with Crippen LogP contribution >= 0.6 is 0 Å². The van der Waals surface area contributed by atoms with Crippen LogP contribution in [-0.2, 0) is 0 Å². The van der Waals surface area contributed by atoms with Crippen molar-refractivity contribution in [3.63, 3.8) is 0 Å². The van der Waals surface area contributed by atoms with Crippen LogP contribution in [0.1, 0.15) is 65.7 Å². The molecule has 0 bridgehead atoms. The van der Waals surface area contributed by atoms with Crippen LogP contribution in [0.5, 0.6) is 0 Å².